The minimum Gasteiger partial charge on any atom is -0.468 e. The number of aliphatic hydroxyl groups is 3. The largest absolute Gasteiger partial charge is 0.490 e. The van der Waals surface area contributed by atoms with Gasteiger partial charge >= 0.3 is 24.5 Å². The van der Waals surface area contributed by atoms with Crippen LogP contribution in [-0.2, 0) is 41.4 Å². The minimum atomic E-state index is -5.50. The summed E-state index contributed by atoms with van der Waals surface area (Å²) in [5, 5.41) is 22.7. The highest BCUT2D eigenvalue weighted by atomic mass is 127. The van der Waals surface area contributed by atoms with Crippen molar-refractivity contribution in [2.75, 3.05) is 33.4 Å². The van der Waals surface area contributed by atoms with Crippen molar-refractivity contribution in [3.05, 3.63) is 88.5 Å². The van der Waals surface area contributed by atoms with E-state index < -0.39 is 44.4 Å². The Labute approximate surface area is 345 Å². The number of aliphatic hydroxyl groups excluding tert-OH is 2. The topological polar surface area (TPSA) is 141 Å². The van der Waals surface area contributed by atoms with Crippen molar-refractivity contribution < 1.29 is 74.9 Å². The Balaban J connectivity index is -0.000000668. The summed E-state index contributed by atoms with van der Waals surface area (Å²) in [7, 11) is 0. The Kier molecular flexibility index (Phi) is 35.0. The smallest absolute Gasteiger partial charge is 0.468 e. The molecule has 1 fully saturated rings. The highest BCUT2D eigenvalue weighted by Gasteiger charge is 2.64. The van der Waals surface area contributed by atoms with Crippen molar-refractivity contribution in [1.29, 1.82) is 0 Å². The summed E-state index contributed by atoms with van der Waals surface area (Å²) in [4.78, 5) is 22.4. The van der Waals surface area contributed by atoms with E-state index in [1.807, 2.05) is 36.4 Å². The molecule has 0 aromatic heterocycles. The fourth-order valence-electron chi connectivity index (χ4n) is 4.00. The van der Waals surface area contributed by atoms with E-state index in [1.54, 1.807) is 6.92 Å². The summed E-state index contributed by atoms with van der Waals surface area (Å²) < 4.78 is 97.1. The van der Waals surface area contributed by atoms with Crippen molar-refractivity contribution in [2.24, 2.45) is 5.92 Å². The summed E-state index contributed by atoms with van der Waals surface area (Å²) in [6.07, 6.45) is 1.31. The lowest BCUT2D eigenvalue weighted by Gasteiger charge is -2.28. The number of benzene rings is 2. The number of esters is 1. The predicted octanol–water partition coefficient (Wildman–Crippen LogP) is 8.84. The van der Waals surface area contributed by atoms with E-state index in [0.717, 1.165) is 25.7 Å². The second-order valence-corrected chi connectivity index (χ2v) is 12.2. The molecule has 1 atom stereocenters. The number of rotatable bonds is 17. The molecule has 1 unspecified atom stereocenters. The summed E-state index contributed by atoms with van der Waals surface area (Å²) in [5.41, 5.74) is 2.52. The first-order valence-electron chi connectivity index (χ1n) is 17.6. The summed E-state index contributed by atoms with van der Waals surface area (Å²) >= 11 is 2.30. The van der Waals surface area contributed by atoms with Crippen molar-refractivity contribution >= 4 is 34.3 Å². The van der Waals surface area contributed by atoms with Crippen LogP contribution in [0.3, 0.4) is 0 Å². The fraction of sp³-hybridized carbons (Fsp3) is 0.500. The molecule has 0 radical (unpaired) electrons. The second kappa shape index (κ2) is 34.5. The van der Waals surface area contributed by atoms with E-state index in [1.165, 1.54) is 28.5 Å². The number of alkyl halides is 6. The fourth-order valence-corrected chi connectivity index (χ4v) is 4.36. The van der Waals surface area contributed by atoms with E-state index >= 15 is 0 Å². The predicted molar refractivity (Wildman–Crippen MR) is 212 cm³/mol. The Morgan fingerprint density at radius 3 is 1.72 bits per heavy atom. The Hall–Kier alpha value is -3.51. The third-order valence-electron chi connectivity index (χ3n) is 6.50. The number of hydrogen-bond donors (Lipinski definition) is 3. The number of terminal acetylenes is 1. The van der Waals surface area contributed by atoms with Crippen LogP contribution < -0.4 is 4.74 Å². The SMILES string of the molecule is C#C.C=CCc1ccc(I)cc1.C=CCc1ccc(OCO)cc1.CCCOC(F)(F)OC(F)(F)C(F)(F)OCCC.CCOC(=O)C1CCCCC1=O.OCO. The van der Waals surface area contributed by atoms with Crippen molar-refractivity contribution in [1.82, 2.24) is 0 Å². The monoisotopic (exact) mass is 936 g/mol. The first-order valence-corrected chi connectivity index (χ1v) is 18.7. The molecule has 0 spiro atoms. The molecule has 3 N–H and O–H groups in total. The lowest BCUT2D eigenvalue weighted by molar-refractivity contribution is -0.526. The third-order valence-corrected chi connectivity index (χ3v) is 7.22. The molecule has 1 aliphatic carbocycles. The van der Waals surface area contributed by atoms with E-state index in [4.69, 9.17) is 24.8 Å². The van der Waals surface area contributed by atoms with Crippen LogP contribution in [0.25, 0.3) is 0 Å². The summed E-state index contributed by atoms with van der Waals surface area (Å²) in [6.45, 7) is 9.87. The Morgan fingerprint density at radius 2 is 1.30 bits per heavy atom. The third kappa shape index (κ3) is 28.5. The van der Waals surface area contributed by atoms with Gasteiger partial charge in [-0.3, -0.25) is 14.3 Å². The minimum absolute atomic E-state index is 0.00833. The normalized spacial score (nSPS) is 13.4. The number of ketones is 1. The van der Waals surface area contributed by atoms with Crippen LogP contribution in [0.2, 0.25) is 0 Å². The molecule has 0 bridgehead atoms. The number of halogens is 7. The van der Waals surface area contributed by atoms with Gasteiger partial charge in [-0.15, -0.1) is 34.8 Å². The average Bonchev–Trinajstić information content (AvgIpc) is 3.17. The second-order valence-electron chi connectivity index (χ2n) is 11.0. The van der Waals surface area contributed by atoms with Crippen LogP contribution >= 0.6 is 22.6 Å². The molecule has 17 heteroatoms. The highest BCUT2D eigenvalue weighted by molar-refractivity contribution is 14.1. The van der Waals surface area contributed by atoms with Crippen LogP contribution in [0, 0.1) is 22.3 Å². The Bertz CT molecular complexity index is 1360. The quantitative estimate of drug-likeness (QED) is 0.0268. The molecular weight excluding hydrogens is 881 g/mol. The van der Waals surface area contributed by atoms with Crippen LogP contribution in [0.5, 0.6) is 5.75 Å². The van der Waals surface area contributed by atoms with Crippen LogP contribution in [0.1, 0.15) is 70.4 Å². The van der Waals surface area contributed by atoms with Crippen molar-refractivity contribution in [3.63, 3.8) is 0 Å². The number of Topliss-reactive ketones (excluding diaryl/α,β-unsaturated/α-hetero) is 1. The van der Waals surface area contributed by atoms with Gasteiger partial charge in [0.1, 0.15) is 24.2 Å². The van der Waals surface area contributed by atoms with Gasteiger partial charge in [0.2, 0.25) is 0 Å². The number of carbonyl (C=O) groups is 2. The van der Waals surface area contributed by atoms with Gasteiger partial charge in [0, 0.05) is 9.99 Å². The zero-order valence-corrected chi connectivity index (χ0v) is 34.6. The maximum absolute atomic E-state index is 12.8. The molecule has 3 rings (SSSR count). The standard InChI is InChI=1S/C10H12O2.C9H14F6O3.C9H9I.C9H14O3.C2H2.CH4O2/c1-2-3-9-4-6-10(7-5-9)12-8-11;1-3-5-16-7(10,11)8(12,13)18-9(14,15)17-6-4-2;1-2-3-8-4-6-9(10)7-5-8;1-2-12-9(11)7-5-3-4-6-8(7)10;1-2;2-1-3/h2,4-7,11H,1,3,8H2;3-6H2,1-2H3;2,4-7H,1,3H2;7H,2-6H2,1H3;1-2H;2-3H,1H2. The molecule has 0 heterocycles. The van der Waals surface area contributed by atoms with Gasteiger partial charge in [-0.1, -0.05) is 56.7 Å². The van der Waals surface area contributed by atoms with Gasteiger partial charge in [-0.2, -0.15) is 17.6 Å². The zero-order chi connectivity index (χ0) is 44.3. The molecule has 324 valence electrons. The zero-order valence-electron chi connectivity index (χ0n) is 32.5. The molecule has 1 saturated carbocycles. The molecule has 0 amide bonds. The molecule has 2 aromatic carbocycles. The van der Waals surface area contributed by atoms with E-state index in [9.17, 15) is 35.9 Å². The molecule has 0 aliphatic heterocycles. The lowest BCUT2D eigenvalue weighted by atomic mass is 9.88. The Morgan fingerprint density at radius 1 is 0.825 bits per heavy atom. The van der Waals surface area contributed by atoms with Gasteiger partial charge in [0.25, 0.3) is 0 Å². The van der Waals surface area contributed by atoms with E-state index in [0.29, 0.717) is 25.2 Å². The maximum atomic E-state index is 12.8. The lowest BCUT2D eigenvalue weighted by Crippen LogP contribution is -2.49. The molecular formula is C40H55F6IO10. The van der Waals surface area contributed by atoms with Gasteiger partial charge in [-0.25, -0.2) is 4.74 Å². The van der Waals surface area contributed by atoms with Crippen LogP contribution in [0.15, 0.2) is 73.8 Å². The summed E-state index contributed by atoms with van der Waals surface area (Å²) in [6, 6.07) is 16.0. The number of ether oxygens (including phenoxy) is 5. The van der Waals surface area contributed by atoms with Gasteiger partial charge < -0.3 is 29.5 Å². The molecule has 0 saturated heterocycles. The molecule has 2 aromatic rings. The maximum Gasteiger partial charge on any atom is 0.490 e. The van der Waals surface area contributed by atoms with Crippen molar-refractivity contribution in [3.8, 4) is 18.6 Å². The van der Waals surface area contributed by atoms with Gasteiger partial charge in [-0.05, 0) is 103 Å². The first-order chi connectivity index (χ1) is 26.9. The number of hydrogen-bond acceptors (Lipinski definition) is 10. The summed E-state index contributed by atoms with van der Waals surface area (Å²) in [5.74, 6) is -0.0501. The number of allylic oxidation sites excluding steroid dienone is 2. The van der Waals surface area contributed by atoms with Crippen molar-refractivity contribution in [2.45, 2.75) is 90.6 Å². The van der Waals surface area contributed by atoms with Crippen LogP contribution in [0.4, 0.5) is 26.3 Å². The van der Waals surface area contributed by atoms with Crippen LogP contribution in [-0.4, -0.2) is 79.0 Å². The highest BCUT2D eigenvalue weighted by Crippen LogP contribution is 2.40. The number of carbonyl (C=O) groups excluding carboxylic acids is 2. The van der Waals surface area contributed by atoms with Gasteiger partial charge in [0.05, 0.1) is 19.8 Å². The first kappa shape index (κ1) is 57.8. The molecule has 57 heavy (non-hydrogen) atoms. The molecule has 10 nitrogen and oxygen atoms in total. The van der Waals surface area contributed by atoms with Gasteiger partial charge in [0.15, 0.2) is 6.79 Å². The molecule has 1 aliphatic rings. The average molecular weight is 937 g/mol. The van der Waals surface area contributed by atoms with E-state index in [2.05, 4.69) is 87.1 Å². The van der Waals surface area contributed by atoms with E-state index in [-0.39, 0.29) is 31.4 Å².